The van der Waals surface area contributed by atoms with Crippen LogP contribution in [0.5, 0.6) is 0 Å². The Bertz CT molecular complexity index is 259. The van der Waals surface area contributed by atoms with Crippen molar-refractivity contribution in [2.75, 3.05) is 6.16 Å². The maximum absolute atomic E-state index is 10.6. The molecule has 0 rings (SSSR count). The van der Waals surface area contributed by atoms with Crippen LogP contribution in [0.2, 0.25) is 0 Å². The molecule has 0 aromatic rings. The van der Waals surface area contributed by atoms with Gasteiger partial charge < -0.3 is 14.9 Å². The lowest BCUT2D eigenvalue weighted by atomic mass is 10.2. The molecule has 0 amide bonds. The number of hydrogen-bond acceptors (Lipinski definition) is 3. The van der Waals surface area contributed by atoms with Gasteiger partial charge in [-0.1, -0.05) is 15.9 Å². The van der Waals surface area contributed by atoms with Gasteiger partial charge in [-0.05, 0) is 24.6 Å². The lowest BCUT2D eigenvalue weighted by Crippen LogP contribution is -2.41. The lowest BCUT2D eigenvalue weighted by Gasteiger charge is -2.19. The Kier molecular flexibility index (Phi) is 5.57. The first-order valence-corrected chi connectivity index (χ1v) is 6.53. The van der Waals surface area contributed by atoms with E-state index in [0.29, 0.717) is 0 Å². The van der Waals surface area contributed by atoms with Gasteiger partial charge in [0.2, 0.25) is 0 Å². The highest BCUT2D eigenvalue weighted by molar-refractivity contribution is 9.10. The van der Waals surface area contributed by atoms with E-state index in [1.165, 1.54) is 0 Å². The largest absolute Gasteiger partial charge is 0.479 e. The molecular formula is C5H10BrClNO5P. The molecule has 0 aromatic heterocycles. The summed E-state index contributed by atoms with van der Waals surface area (Å²) in [5, 5.41) is 8.67. The van der Waals surface area contributed by atoms with E-state index < -0.39 is 18.0 Å². The predicted molar refractivity (Wildman–Crippen MR) is 54.4 cm³/mol. The number of carboxylic acids is 1. The Morgan fingerprint density at radius 2 is 2.07 bits per heavy atom. The fraction of sp³-hybridized carbons (Fsp3) is 0.800. The highest BCUT2D eigenvalue weighted by Gasteiger charge is 2.34. The molecule has 0 radical (unpaired) electrons. The van der Waals surface area contributed by atoms with Crippen molar-refractivity contribution >= 4 is 41.3 Å². The summed E-state index contributed by atoms with van der Waals surface area (Å²) in [6, 6.07) is 0. The highest BCUT2D eigenvalue weighted by Crippen LogP contribution is 2.36. The number of aliphatic carboxylic acids is 1. The average molecular weight is 310 g/mol. The summed E-state index contributed by atoms with van der Waals surface area (Å²) in [6.45, 7) is 0. The third-order valence-corrected chi connectivity index (χ3v) is 3.84. The lowest BCUT2D eigenvalue weighted by molar-refractivity contribution is -0.140. The smallest absolute Gasteiger partial charge is 0.336 e. The topological polar surface area (TPSA) is 107 Å². The SMILES string of the molecule is O=C(O)C(Br)(CCCP(=O)(O)O)NCl. The first-order valence-electron chi connectivity index (χ1n) is 3.56. The van der Waals surface area contributed by atoms with Crippen molar-refractivity contribution in [3.8, 4) is 0 Å². The summed E-state index contributed by atoms with van der Waals surface area (Å²) in [6.07, 6.45) is -0.356. The fourth-order valence-electron chi connectivity index (χ4n) is 0.723. The van der Waals surface area contributed by atoms with Crippen LogP contribution in [0.3, 0.4) is 0 Å². The van der Waals surface area contributed by atoms with Gasteiger partial charge in [-0.3, -0.25) is 4.57 Å². The second-order valence-electron chi connectivity index (χ2n) is 2.69. The zero-order valence-electron chi connectivity index (χ0n) is 6.98. The van der Waals surface area contributed by atoms with Gasteiger partial charge in [0.25, 0.3) is 0 Å². The van der Waals surface area contributed by atoms with Crippen LogP contribution in [0, 0.1) is 0 Å². The average Bonchev–Trinajstić information content (AvgIpc) is 2.01. The van der Waals surface area contributed by atoms with Gasteiger partial charge in [0.1, 0.15) is 0 Å². The molecule has 0 saturated heterocycles. The number of carbonyl (C=O) groups is 1. The van der Waals surface area contributed by atoms with Crippen LogP contribution in [-0.4, -0.2) is 31.5 Å². The molecule has 0 fully saturated rings. The van der Waals surface area contributed by atoms with Crippen LogP contribution in [-0.2, 0) is 9.36 Å². The van der Waals surface area contributed by atoms with Crippen molar-refractivity contribution in [3.63, 3.8) is 0 Å². The zero-order chi connectivity index (χ0) is 11.4. The molecule has 6 nitrogen and oxygen atoms in total. The Morgan fingerprint density at radius 1 is 1.57 bits per heavy atom. The van der Waals surface area contributed by atoms with Crippen molar-refractivity contribution in [3.05, 3.63) is 0 Å². The second-order valence-corrected chi connectivity index (χ2v) is 6.01. The molecule has 0 saturated carbocycles. The van der Waals surface area contributed by atoms with Crippen LogP contribution < -0.4 is 4.84 Å². The molecule has 1 atom stereocenters. The molecule has 0 aliphatic rings. The first-order chi connectivity index (χ1) is 6.21. The van der Waals surface area contributed by atoms with Gasteiger partial charge >= 0.3 is 13.6 Å². The van der Waals surface area contributed by atoms with E-state index in [0.717, 1.165) is 0 Å². The molecule has 14 heavy (non-hydrogen) atoms. The number of hydrogen-bond donors (Lipinski definition) is 4. The number of halogens is 2. The number of rotatable bonds is 6. The van der Waals surface area contributed by atoms with E-state index in [-0.39, 0.29) is 19.0 Å². The van der Waals surface area contributed by atoms with E-state index in [1.54, 1.807) is 0 Å². The minimum Gasteiger partial charge on any atom is -0.479 e. The summed E-state index contributed by atoms with van der Waals surface area (Å²) >= 11 is 8.00. The normalized spacial score (nSPS) is 16.3. The van der Waals surface area contributed by atoms with Crippen molar-refractivity contribution in [2.45, 2.75) is 17.3 Å². The maximum atomic E-state index is 10.6. The molecule has 84 valence electrons. The summed E-state index contributed by atoms with van der Waals surface area (Å²) < 4.78 is 8.92. The van der Waals surface area contributed by atoms with Crippen LogP contribution in [0.25, 0.3) is 0 Å². The number of alkyl halides is 1. The zero-order valence-corrected chi connectivity index (χ0v) is 10.2. The molecule has 0 heterocycles. The molecule has 0 bridgehead atoms. The van der Waals surface area contributed by atoms with E-state index in [4.69, 9.17) is 26.7 Å². The summed E-state index contributed by atoms with van der Waals surface area (Å²) in [7, 11) is -4.08. The van der Waals surface area contributed by atoms with E-state index in [1.807, 2.05) is 4.84 Å². The molecule has 0 spiro atoms. The van der Waals surface area contributed by atoms with Crippen LogP contribution in [0.4, 0.5) is 0 Å². The summed E-state index contributed by atoms with van der Waals surface area (Å²) in [4.78, 5) is 29.7. The summed E-state index contributed by atoms with van der Waals surface area (Å²) in [5.41, 5.74) is 0. The van der Waals surface area contributed by atoms with Crippen molar-refractivity contribution in [2.24, 2.45) is 0 Å². The minimum atomic E-state index is -4.08. The maximum Gasteiger partial charge on any atom is 0.336 e. The third kappa shape index (κ3) is 5.29. The second kappa shape index (κ2) is 5.44. The third-order valence-electron chi connectivity index (χ3n) is 1.46. The van der Waals surface area contributed by atoms with Crippen molar-refractivity contribution in [1.82, 2.24) is 4.84 Å². The number of carboxylic acid groups (broad SMARTS) is 1. The minimum absolute atomic E-state index is 0.0308. The Balaban J connectivity index is 4.10. The fourth-order valence-corrected chi connectivity index (χ4v) is 1.75. The van der Waals surface area contributed by atoms with Gasteiger partial charge in [0.15, 0.2) is 4.45 Å². The van der Waals surface area contributed by atoms with E-state index in [9.17, 15) is 9.36 Å². The highest BCUT2D eigenvalue weighted by atomic mass is 79.9. The quantitative estimate of drug-likeness (QED) is 0.251. The monoisotopic (exact) mass is 309 g/mol. The van der Waals surface area contributed by atoms with Crippen molar-refractivity contribution < 1.29 is 24.3 Å². The van der Waals surface area contributed by atoms with Crippen LogP contribution in [0.1, 0.15) is 12.8 Å². The van der Waals surface area contributed by atoms with Gasteiger partial charge in [-0.15, -0.1) is 0 Å². The van der Waals surface area contributed by atoms with Gasteiger partial charge in [-0.2, -0.15) is 0 Å². The van der Waals surface area contributed by atoms with Crippen molar-refractivity contribution in [1.29, 1.82) is 0 Å². The standard InChI is InChI=1S/C5H10BrClNO5P/c6-5(8-7,4(9)10)2-1-3-14(11,12)13/h8H,1-3H2,(H,9,10)(H2,11,12,13). The Morgan fingerprint density at radius 3 is 2.36 bits per heavy atom. The number of nitrogens with one attached hydrogen (secondary N) is 1. The van der Waals surface area contributed by atoms with Gasteiger partial charge in [0, 0.05) is 6.16 Å². The molecular weight excluding hydrogens is 300 g/mol. The molecule has 0 aliphatic carbocycles. The van der Waals surface area contributed by atoms with Crippen LogP contribution in [0.15, 0.2) is 0 Å². The van der Waals surface area contributed by atoms with E-state index in [2.05, 4.69) is 15.9 Å². The molecule has 0 aromatic carbocycles. The summed E-state index contributed by atoms with van der Waals surface area (Å²) in [5.74, 6) is -1.24. The Labute approximate surface area is 94.0 Å². The van der Waals surface area contributed by atoms with Crippen LogP contribution >= 0.6 is 35.3 Å². The molecule has 9 heteroatoms. The van der Waals surface area contributed by atoms with Gasteiger partial charge in [0.05, 0.1) is 0 Å². The first kappa shape index (κ1) is 14.3. The Hall–Kier alpha value is 0.350. The molecule has 4 N–H and O–H groups in total. The molecule has 1 unspecified atom stereocenters. The van der Waals surface area contributed by atoms with E-state index >= 15 is 0 Å². The predicted octanol–water partition coefficient (Wildman–Crippen LogP) is 0.863. The molecule has 0 aliphatic heterocycles. The van der Waals surface area contributed by atoms with Gasteiger partial charge in [-0.25, -0.2) is 9.63 Å².